The van der Waals surface area contributed by atoms with Gasteiger partial charge in [-0.2, -0.15) is 4.98 Å². The van der Waals surface area contributed by atoms with Crippen molar-refractivity contribution in [3.8, 4) is 5.75 Å². The molecule has 0 saturated carbocycles. The van der Waals surface area contributed by atoms with Gasteiger partial charge in [-0.25, -0.2) is 13.8 Å². The Labute approximate surface area is 408 Å². The smallest absolute Gasteiger partial charge is 0.237 e. The number of aryl methyl sites for hydroxylation is 1. The second-order valence-electron chi connectivity index (χ2n) is 18.9. The van der Waals surface area contributed by atoms with E-state index in [1.165, 1.54) is 12.1 Å². The van der Waals surface area contributed by atoms with Crippen LogP contribution < -0.4 is 35.8 Å². The van der Waals surface area contributed by atoms with Crippen LogP contribution in [0.5, 0.6) is 5.75 Å². The summed E-state index contributed by atoms with van der Waals surface area (Å²) in [5, 5.41) is 9.48. The standard InChI is InChI=1S/C49H57BrF2N11O5P/c1-29-21-39(57-49-55-27-34(50)48(59-49)56-38-6-5-37-46(54-13-12-53-37)47(38)69(3,4)67)41(68-2)26-40(29)62-17-10-32(11-18-62)63-20-19-60(28-44(63)66)14-7-30-8-15-61(16-9-30)33-24-35(51)45(36(52)25-33)31-22-42(64)58-43(65)23-31/h5-6,12-13,21,24-27,30-32H,7-11,14-20,22-23,28H2,1-4H3,(H,58,64,65)(H2,55,56,57,59). The van der Waals surface area contributed by atoms with Crippen molar-refractivity contribution in [1.82, 2.24) is 35.1 Å². The summed E-state index contributed by atoms with van der Waals surface area (Å²) in [5.74, 6) is -1.23. The Kier molecular flexibility index (Phi) is 14.2. The van der Waals surface area contributed by atoms with Gasteiger partial charge in [-0.1, -0.05) is 0 Å². The van der Waals surface area contributed by atoms with Crippen LogP contribution in [0.15, 0.2) is 59.5 Å². The van der Waals surface area contributed by atoms with Gasteiger partial charge in [-0.15, -0.1) is 0 Å². The molecular formula is C49H57BrF2N11O5P. The Bertz CT molecular complexity index is 2800. The van der Waals surface area contributed by atoms with E-state index in [4.69, 9.17) is 9.72 Å². The number of amides is 3. The number of benzene rings is 3. The molecule has 364 valence electrons. The molecule has 4 saturated heterocycles. The molecular weight excluding hydrogens is 971 g/mol. The van der Waals surface area contributed by atoms with Crippen LogP contribution in [0.2, 0.25) is 0 Å². The summed E-state index contributed by atoms with van der Waals surface area (Å²) < 4.78 is 50.5. The van der Waals surface area contributed by atoms with Gasteiger partial charge in [0.1, 0.15) is 35.9 Å². The number of carbonyl (C=O) groups is 3. The lowest BCUT2D eigenvalue weighted by Gasteiger charge is -2.43. The molecule has 0 radical (unpaired) electrons. The van der Waals surface area contributed by atoms with Crippen LogP contribution in [0.1, 0.15) is 62.0 Å². The summed E-state index contributed by atoms with van der Waals surface area (Å²) in [6.07, 6.45) is 9.05. The topological polar surface area (TPSA) is 178 Å². The molecule has 3 amide bonds. The summed E-state index contributed by atoms with van der Waals surface area (Å²) in [5.41, 5.74) is 4.95. The van der Waals surface area contributed by atoms with Gasteiger partial charge in [-0.05, 0) is 117 Å². The van der Waals surface area contributed by atoms with Gasteiger partial charge >= 0.3 is 0 Å². The zero-order chi connectivity index (χ0) is 48.6. The Morgan fingerprint density at radius 1 is 0.855 bits per heavy atom. The largest absolute Gasteiger partial charge is 0.494 e. The van der Waals surface area contributed by atoms with Crippen LogP contribution >= 0.6 is 23.1 Å². The number of methoxy groups -OCH3 is 1. The minimum absolute atomic E-state index is 0.122. The van der Waals surface area contributed by atoms with Crippen molar-refractivity contribution in [2.45, 2.75) is 63.8 Å². The summed E-state index contributed by atoms with van der Waals surface area (Å²) in [6, 6.07) is 10.6. The van der Waals surface area contributed by atoms with Crippen LogP contribution in [0.4, 0.5) is 43.3 Å². The molecule has 0 bridgehead atoms. The number of piperazine rings is 1. The van der Waals surface area contributed by atoms with Gasteiger partial charge in [-0.3, -0.25) is 34.6 Å². The summed E-state index contributed by atoms with van der Waals surface area (Å²) in [7, 11) is -1.16. The van der Waals surface area contributed by atoms with E-state index in [1.54, 1.807) is 39.0 Å². The third-order valence-corrected chi connectivity index (χ3v) is 16.1. The minimum atomic E-state index is -2.79. The first-order chi connectivity index (χ1) is 33.1. The zero-order valence-electron chi connectivity index (χ0n) is 39.2. The highest BCUT2D eigenvalue weighted by Gasteiger charge is 2.34. The highest BCUT2D eigenvalue weighted by atomic mass is 79.9. The monoisotopic (exact) mass is 1030 g/mol. The third kappa shape index (κ3) is 10.7. The first-order valence-corrected chi connectivity index (χ1v) is 26.9. The van der Waals surface area contributed by atoms with Crippen molar-refractivity contribution in [3.63, 3.8) is 0 Å². The highest BCUT2D eigenvalue weighted by molar-refractivity contribution is 9.10. The number of nitrogens with zero attached hydrogens (tertiary/aromatic N) is 8. The second kappa shape index (κ2) is 20.3. The fourth-order valence-electron chi connectivity index (χ4n) is 10.4. The lowest BCUT2D eigenvalue weighted by molar-refractivity contribution is -0.139. The molecule has 0 unspecified atom stereocenters. The molecule has 3 aromatic carbocycles. The van der Waals surface area contributed by atoms with E-state index in [-0.39, 0.29) is 30.4 Å². The maximum absolute atomic E-state index is 15.2. The molecule has 3 N–H and O–H groups in total. The number of hydrogen-bond acceptors (Lipinski definition) is 14. The molecule has 5 aromatic rings. The lowest BCUT2D eigenvalue weighted by Crippen LogP contribution is -2.56. The summed E-state index contributed by atoms with van der Waals surface area (Å²) in [4.78, 5) is 64.1. The fraction of sp³-hybridized carbons (Fsp3) is 0.449. The number of anilines is 6. The SMILES string of the molecule is COc1cc(N2CCC(N3CCN(CCC4CCN(c5cc(F)c(C6CC(=O)NC(=O)C6)c(F)c5)CC4)CC3=O)CC2)c(C)cc1Nc1ncc(Br)c(Nc2ccc3nccnc3c2P(C)(C)=O)n1. The van der Waals surface area contributed by atoms with E-state index in [9.17, 15) is 18.9 Å². The maximum Gasteiger partial charge on any atom is 0.237 e. The predicted octanol–water partition coefficient (Wildman–Crippen LogP) is 7.45. The number of rotatable bonds is 13. The van der Waals surface area contributed by atoms with Gasteiger partial charge in [0.05, 0.1) is 40.3 Å². The highest BCUT2D eigenvalue weighted by Crippen LogP contribution is 2.42. The Morgan fingerprint density at radius 3 is 2.23 bits per heavy atom. The van der Waals surface area contributed by atoms with Gasteiger partial charge in [0.25, 0.3) is 0 Å². The van der Waals surface area contributed by atoms with Crippen molar-refractivity contribution in [2.24, 2.45) is 5.92 Å². The van der Waals surface area contributed by atoms with Gasteiger partial charge < -0.3 is 34.6 Å². The minimum Gasteiger partial charge on any atom is -0.494 e. The molecule has 6 heterocycles. The maximum atomic E-state index is 15.2. The molecule has 20 heteroatoms. The molecule has 0 spiro atoms. The van der Waals surface area contributed by atoms with E-state index < -0.39 is 36.5 Å². The first-order valence-electron chi connectivity index (χ1n) is 23.5. The number of piperidine rings is 3. The van der Waals surface area contributed by atoms with Crippen molar-refractivity contribution in [1.29, 1.82) is 0 Å². The van der Waals surface area contributed by atoms with Crippen LogP contribution in [0.25, 0.3) is 11.0 Å². The number of carbonyl (C=O) groups excluding carboxylic acids is 3. The molecule has 9 rings (SSSR count). The average Bonchev–Trinajstić information content (AvgIpc) is 3.31. The van der Waals surface area contributed by atoms with Crippen molar-refractivity contribution in [3.05, 3.63) is 82.2 Å². The number of nitrogens with one attached hydrogen (secondary N) is 3. The molecule has 69 heavy (non-hydrogen) atoms. The number of ether oxygens (including phenoxy) is 1. The van der Waals surface area contributed by atoms with E-state index in [0.29, 0.717) is 87.5 Å². The number of hydrogen-bond donors (Lipinski definition) is 3. The molecule has 0 aliphatic carbocycles. The van der Waals surface area contributed by atoms with Gasteiger partial charge in [0.15, 0.2) is 0 Å². The normalized spacial score (nSPS) is 18.2. The van der Waals surface area contributed by atoms with Crippen LogP contribution in [0.3, 0.4) is 0 Å². The van der Waals surface area contributed by atoms with E-state index in [1.807, 2.05) is 29.2 Å². The quantitative estimate of drug-likeness (QED) is 0.0783. The predicted molar refractivity (Wildman–Crippen MR) is 267 cm³/mol. The zero-order valence-corrected chi connectivity index (χ0v) is 41.7. The summed E-state index contributed by atoms with van der Waals surface area (Å²) >= 11 is 3.57. The average molecular weight is 1030 g/mol. The first kappa shape index (κ1) is 48.3. The number of imide groups is 1. The molecule has 4 aliphatic heterocycles. The Morgan fingerprint density at radius 2 is 1.55 bits per heavy atom. The van der Waals surface area contributed by atoms with Crippen LogP contribution in [0, 0.1) is 24.5 Å². The lowest BCUT2D eigenvalue weighted by atomic mass is 9.88. The van der Waals surface area contributed by atoms with Gasteiger partial charge in [0.2, 0.25) is 23.7 Å². The summed E-state index contributed by atoms with van der Waals surface area (Å²) in [6.45, 7) is 11.2. The van der Waals surface area contributed by atoms with Crippen LogP contribution in [-0.2, 0) is 18.9 Å². The second-order valence-corrected chi connectivity index (χ2v) is 22.9. The van der Waals surface area contributed by atoms with Crippen LogP contribution in [-0.4, -0.2) is 126 Å². The number of halogens is 3. The molecule has 4 fully saturated rings. The van der Waals surface area contributed by atoms with Crippen molar-refractivity contribution >= 4 is 91.6 Å². The van der Waals surface area contributed by atoms with E-state index in [0.717, 1.165) is 69.5 Å². The number of aromatic nitrogens is 4. The van der Waals surface area contributed by atoms with Crippen molar-refractivity contribution in [2.75, 3.05) is 93.2 Å². The molecule has 4 aliphatic rings. The Hall–Kier alpha value is -5.78. The number of fused-ring (bicyclic) bond motifs is 1. The third-order valence-electron chi connectivity index (χ3n) is 13.9. The Balaban J connectivity index is 0.752. The molecule has 16 nitrogen and oxygen atoms in total. The van der Waals surface area contributed by atoms with Gasteiger partial charge in [0, 0.05) is 106 Å². The molecule has 2 aromatic heterocycles. The van der Waals surface area contributed by atoms with E-state index >= 15 is 8.78 Å². The van der Waals surface area contributed by atoms with Crippen molar-refractivity contribution < 1.29 is 32.5 Å². The molecule has 0 atom stereocenters. The van der Waals surface area contributed by atoms with E-state index in [2.05, 4.69) is 68.5 Å². The fourth-order valence-corrected chi connectivity index (χ4v) is 12.1.